The summed E-state index contributed by atoms with van der Waals surface area (Å²) >= 11 is 0. The van der Waals surface area contributed by atoms with Gasteiger partial charge in [0.1, 0.15) is 24.3 Å². The molecule has 4 bridgehead atoms. The number of hydrogen-bond donors (Lipinski definition) is 3. The molecule has 0 radical (unpaired) electrons. The van der Waals surface area contributed by atoms with E-state index < -0.39 is 42.3 Å². The van der Waals surface area contributed by atoms with Gasteiger partial charge in [-0.25, -0.2) is 4.39 Å². The molecule has 2 aliphatic rings. The number of amides is 3. The van der Waals surface area contributed by atoms with Crippen LogP contribution in [0.1, 0.15) is 22.3 Å². The second-order valence-electron chi connectivity index (χ2n) is 8.25. The van der Waals surface area contributed by atoms with Gasteiger partial charge in [-0.05, 0) is 35.9 Å². The van der Waals surface area contributed by atoms with Crippen LogP contribution in [0, 0.1) is 5.82 Å². The fraction of sp³-hybridized carbons (Fsp3) is 0.375. The minimum absolute atomic E-state index is 0.0543. The number of piperidine rings is 1. The Morgan fingerprint density at radius 2 is 2.09 bits per heavy atom. The van der Waals surface area contributed by atoms with Crippen molar-refractivity contribution in [3.05, 3.63) is 53.3 Å². The molecule has 3 amide bonds. The number of aliphatic hydroxyl groups excluding tert-OH is 1. The first-order chi connectivity index (χ1) is 16.9. The predicted octanol–water partition coefficient (Wildman–Crippen LogP) is 0.614. The van der Waals surface area contributed by atoms with Crippen LogP contribution in [-0.2, 0) is 16.1 Å². The van der Waals surface area contributed by atoms with Gasteiger partial charge in [-0.1, -0.05) is 0 Å². The summed E-state index contributed by atoms with van der Waals surface area (Å²) in [5.74, 6) is -1.15. The molecule has 2 aliphatic heterocycles. The van der Waals surface area contributed by atoms with Crippen molar-refractivity contribution in [2.45, 2.75) is 25.1 Å². The summed E-state index contributed by atoms with van der Waals surface area (Å²) in [7, 11) is 1.44. The average molecular weight is 487 g/mol. The summed E-state index contributed by atoms with van der Waals surface area (Å²) < 4.78 is 31.2. The van der Waals surface area contributed by atoms with Crippen molar-refractivity contribution in [2.24, 2.45) is 0 Å². The zero-order valence-electron chi connectivity index (χ0n) is 19.1. The molecule has 0 aromatic heterocycles. The fourth-order valence-corrected chi connectivity index (χ4v) is 4.11. The maximum Gasteiger partial charge on any atom is 0.258 e. The number of carbonyl (C=O) groups is 3. The summed E-state index contributed by atoms with van der Waals surface area (Å²) in [5.41, 5.74) is 0.755. The molecular formula is C24H26FN3O7. The molecule has 35 heavy (non-hydrogen) atoms. The van der Waals surface area contributed by atoms with Gasteiger partial charge in [0.05, 0.1) is 13.2 Å². The predicted molar refractivity (Wildman–Crippen MR) is 121 cm³/mol. The van der Waals surface area contributed by atoms with Crippen molar-refractivity contribution in [3.8, 4) is 17.2 Å². The Morgan fingerprint density at radius 1 is 1.26 bits per heavy atom. The number of rotatable bonds is 2. The Morgan fingerprint density at radius 3 is 2.86 bits per heavy atom. The lowest BCUT2D eigenvalue weighted by atomic mass is 10.0. The standard InChI is InChI=1S/C24H26FN3O7/c1-33-20-3-2-15-8-21(20)34-13-22(30)27-18-11-28(23(31)12-29)5-4-19(18)35-17-7-14(6-16(25)9-17)10-26-24(15)32/h2-3,6-9,18-19,29H,4-5,10-13H2,1H3,(H,26,32)(H,27,30)/t18-,19+/m1/s1. The van der Waals surface area contributed by atoms with E-state index >= 15 is 0 Å². The fourth-order valence-electron chi connectivity index (χ4n) is 4.11. The van der Waals surface area contributed by atoms with Gasteiger partial charge in [-0.15, -0.1) is 0 Å². The first-order valence-electron chi connectivity index (χ1n) is 11.1. The molecule has 2 aromatic rings. The number of hydrogen-bond acceptors (Lipinski definition) is 7. The molecule has 2 heterocycles. The highest BCUT2D eigenvalue weighted by Gasteiger charge is 2.34. The van der Waals surface area contributed by atoms with Crippen LogP contribution in [0.5, 0.6) is 17.2 Å². The van der Waals surface area contributed by atoms with E-state index in [1.54, 1.807) is 18.2 Å². The van der Waals surface area contributed by atoms with Crippen molar-refractivity contribution >= 4 is 17.7 Å². The van der Waals surface area contributed by atoms with Crippen LogP contribution in [0.4, 0.5) is 4.39 Å². The number of fused-ring (bicyclic) bond motifs is 5. The van der Waals surface area contributed by atoms with E-state index in [9.17, 15) is 23.9 Å². The van der Waals surface area contributed by atoms with Crippen molar-refractivity contribution < 1.29 is 38.1 Å². The molecule has 11 heteroatoms. The monoisotopic (exact) mass is 487 g/mol. The van der Waals surface area contributed by atoms with E-state index in [4.69, 9.17) is 14.2 Å². The van der Waals surface area contributed by atoms with Crippen molar-refractivity contribution in [1.29, 1.82) is 0 Å². The van der Waals surface area contributed by atoms with E-state index in [2.05, 4.69) is 10.6 Å². The lowest BCUT2D eigenvalue weighted by molar-refractivity contribution is -0.138. The van der Waals surface area contributed by atoms with Gasteiger partial charge >= 0.3 is 0 Å². The highest BCUT2D eigenvalue weighted by molar-refractivity contribution is 5.94. The summed E-state index contributed by atoms with van der Waals surface area (Å²) in [4.78, 5) is 38.9. The summed E-state index contributed by atoms with van der Waals surface area (Å²) in [6, 6.07) is 8.04. The molecule has 1 fully saturated rings. The number of likely N-dealkylation sites (tertiary alicyclic amines) is 1. The largest absolute Gasteiger partial charge is 0.493 e. The third-order valence-corrected chi connectivity index (χ3v) is 5.84. The summed E-state index contributed by atoms with van der Waals surface area (Å²) in [5, 5.41) is 14.8. The zero-order valence-corrected chi connectivity index (χ0v) is 19.1. The number of carbonyl (C=O) groups excluding carboxylic acids is 3. The molecule has 0 aliphatic carbocycles. The number of aliphatic hydroxyl groups is 1. The molecule has 0 unspecified atom stereocenters. The Balaban J connectivity index is 1.66. The number of ether oxygens (including phenoxy) is 3. The maximum atomic E-state index is 14.3. The minimum atomic E-state index is -0.648. The lowest BCUT2D eigenvalue weighted by Gasteiger charge is -2.38. The van der Waals surface area contributed by atoms with Crippen LogP contribution in [0.3, 0.4) is 0 Å². The maximum absolute atomic E-state index is 14.3. The van der Waals surface area contributed by atoms with Crippen LogP contribution in [-0.4, -0.2) is 73.3 Å². The smallest absolute Gasteiger partial charge is 0.258 e. The van der Waals surface area contributed by atoms with Gasteiger partial charge in [0, 0.05) is 37.7 Å². The van der Waals surface area contributed by atoms with Crippen LogP contribution < -0.4 is 24.8 Å². The Labute approximate surface area is 201 Å². The number of benzene rings is 2. The molecule has 1 saturated heterocycles. The van der Waals surface area contributed by atoms with E-state index in [1.807, 2.05) is 0 Å². The topological polar surface area (TPSA) is 126 Å². The van der Waals surface area contributed by atoms with Crippen LogP contribution in [0.2, 0.25) is 0 Å². The second-order valence-corrected chi connectivity index (χ2v) is 8.25. The minimum Gasteiger partial charge on any atom is -0.493 e. The quantitative estimate of drug-likeness (QED) is 0.567. The molecular weight excluding hydrogens is 461 g/mol. The SMILES string of the molecule is COc1ccc2cc1OCC(=O)N[C@@H]1CN(C(=O)CO)CC[C@@H]1Oc1cc(F)cc(c1)CNC2=O. The highest BCUT2D eigenvalue weighted by Crippen LogP contribution is 2.28. The van der Waals surface area contributed by atoms with Gasteiger partial charge in [-0.3, -0.25) is 14.4 Å². The van der Waals surface area contributed by atoms with Crippen molar-refractivity contribution in [1.82, 2.24) is 15.5 Å². The number of methoxy groups -OCH3 is 1. The van der Waals surface area contributed by atoms with Gasteiger partial charge in [0.25, 0.3) is 11.8 Å². The number of nitrogens with one attached hydrogen (secondary N) is 2. The molecule has 10 nitrogen and oxygen atoms in total. The molecule has 2 atom stereocenters. The lowest BCUT2D eigenvalue weighted by Crippen LogP contribution is -2.59. The van der Waals surface area contributed by atoms with Gasteiger partial charge in [0.15, 0.2) is 18.1 Å². The molecule has 2 aromatic carbocycles. The first kappa shape index (κ1) is 24.3. The van der Waals surface area contributed by atoms with Crippen LogP contribution in [0.15, 0.2) is 36.4 Å². The zero-order chi connectivity index (χ0) is 24.9. The molecule has 186 valence electrons. The Hall–Kier alpha value is -3.86. The number of nitrogens with zero attached hydrogens (tertiary/aromatic N) is 1. The summed E-state index contributed by atoms with van der Waals surface area (Å²) in [6.45, 7) is -0.575. The molecule has 3 N–H and O–H groups in total. The van der Waals surface area contributed by atoms with Crippen LogP contribution >= 0.6 is 0 Å². The highest BCUT2D eigenvalue weighted by atomic mass is 19.1. The molecule has 0 saturated carbocycles. The van der Waals surface area contributed by atoms with E-state index in [1.165, 1.54) is 30.2 Å². The third-order valence-electron chi connectivity index (χ3n) is 5.84. The van der Waals surface area contributed by atoms with Gasteiger partial charge in [0.2, 0.25) is 5.91 Å². The number of halogens is 1. The van der Waals surface area contributed by atoms with Gasteiger partial charge in [-0.2, -0.15) is 0 Å². The molecule has 0 spiro atoms. The first-order valence-corrected chi connectivity index (χ1v) is 11.1. The normalized spacial score (nSPS) is 20.5. The van der Waals surface area contributed by atoms with Gasteiger partial charge < -0.3 is 34.9 Å². The average Bonchev–Trinajstić information content (AvgIpc) is 2.85. The van der Waals surface area contributed by atoms with Crippen molar-refractivity contribution in [2.75, 3.05) is 33.4 Å². The van der Waals surface area contributed by atoms with E-state index in [0.29, 0.717) is 24.3 Å². The third kappa shape index (κ3) is 5.80. The Bertz CT molecular complexity index is 1130. The second kappa shape index (κ2) is 10.6. The van der Waals surface area contributed by atoms with Crippen molar-refractivity contribution in [3.63, 3.8) is 0 Å². The molecule has 4 rings (SSSR count). The Kier molecular flexibility index (Phi) is 7.35. The van der Waals surface area contributed by atoms with E-state index in [-0.39, 0.29) is 36.8 Å². The summed E-state index contributed by atoms with van der Waals surface area (Å²) in [6.07, 6.45) is -0.229. The van der Waals surface area contributed by atoms with Crippen LogP contribution in [0.25, 0.3) is 0 Å². The van der Waals surface area contributed by atoms with E-state index in [0.717, 1.165) is 0 Å².